The largest absolute Gasteiger partial charge is 0.482 e. The molecule has 3 rings (SSSR count). The molecule has 1 fully saturated rings. The zero-order valence-corrected chi connectivity index (χ0v) is 16.1. The Balaban J connectivity index is 1.47. The lowest BCUT2D eigenvalue weighted by Gasteiger charge is -2.15. The molecule has 0 aromatic heterocycles. The number of amides is 1. The van der Waals surface area contributed by atoms with Gasteiger partial charge >= 0.3 is 5.97 Å². The Morgan fingerprint density at radius 1 is 1.07 bits per heavy atom. The first kappa shape index (κ1) is 19.1. The first-order valence-electron chi connectivity index (χ1n) is 8.50. The number of hydrogen-bond donors (Lipinski definition) is 0. The van der Waals surface area contributed by atoms with Crippen LogP contribution < -0.4 is 9.64 Å². The minimum atomic E-state index is -0.623. The molecule has 6 nitrogen and oxygen atoms in total. The van der Waals surface area contributed by atoms with Crippen molar-refractivity contribution in [3.05, 3.63) is 58.6 Å². The number of carbonyl (C=O) groups excluding carboxylic acids is 3. The van der Waals surface area contributed by atoms with Crippen LogP contribution in [0.15, 0.2) is 53.0 Å². The molecule has 1 saturated heterocycles. The summed E-state index contributed by atoms with van der Waals surface area (Å²) in [6, 6.07) is 13.8. The third-order valence-corrected chi connectivity index (χ3v) is 4.58. The van der Waals surface area contributed by atoms with Gasteiger partial charge in [0, 0.05) is 28.7 Å². The maximum atomic E-state index is 12.2. The van der Waals surface area contributed by atoms with E-state index in [0.29, 0.717) is 24.3 Å². The summed E-state index contributed by atoms with van der Waals surface area (Å²) in [5.74, 6) is -0.319. The molecule has 7 heteroatoms. The summed E-state index contributed by atoms with van der Waals surface area (Å²) < 4.78 is 11.1. The molecule has 0 bridgehead atoms. The molecule has 0 radical (unpaired) electrons. The van der Waals surface area contributed by atoms with Crippen molar-refractivity contribution in [1.82, 2.24) is 0 Å². The van der Waals surface area contributed by atoms with Crippen LogP contribution in [0, 0.1) is 0 Å². The summed E-state index contributed by atoms with van der Waals surface area (Å²) in [5, 5.41) is 0. The van der Waals surface area contributed by atoms with E-state index in [1.54, 1.807) is 47.4 Å². The Morgan fingerprint density at radius 2 is 1.85 bits per heavy atom. The number of ether oxygens (including phenoxy) is 2. The van der Waals surface area contributed by atoms with Crippen LogP contribution in [0.2, 0.25) is 0 Å². The van der Waals surface area contributed by atoms with E-state index in [1.165, 1.54) is 0 Å². The minimum Gasteiger partial charge on any atom is -0.482 e. The molecule has 0 spiro atoms. The average Bonchev–Trinajstić information content (AvgIpc) is 3.10. The molecule has 1 aliphatic rings. The summed E-state index contributed by atoms with van der Waals surface area (Å²) >= 11 is 3.31. The van der Waals surface area contributed by atoms with Crippen molar-refractivity contribution in [2.24, 2.45) is 0 Å². The van der Waals surface area contributed by atoms with Gasteiger partial charge in [-0.25, -0.2) is 4.79 Å². The average molecular weight is 432 g/mol. The van der Waals surface area contributed by atoms with Gasteiger partial charge in [0.15, 0.2) is 19.0 Å². The van der Waals surface area contributed by atoms with Gasteiger partial charge in [-0.05, 0) is 48.9 Å². The predicted octanol–water partition coefficient (Wildman–Crippen LogP) is 3.38. The second-order valence-corrected chi connectivity index (χ2v) is 6.94. The number of nitrogens with zero attached hydrogens (tertiary/aromatic N) is 1. The normalized spacial score (nSPS) is 13.5. The fourth-order valence-corrected chi connectivity index (χ4v) is 3.10. The lowest BCUT2D eigenvalue weighted by Crippen LogP contribution is -2.23. The molecule has 0 unspecified atom stereocenters. The molecule has 2 aromatic rings. The Kier molecular flexibility index (Phi) is 6.24. The zero-order chi connectivity index (χ0) is 19.2. The van der Waals surface area contributed by atoms with E-state index < -0.39 is 5.97 Å². The molecular formula is C20H18BrNO5. The van der Waals surface area contributed by atoms with E-state index in [1.807, 2.05) is 6.07 Å². The predicted molar refractivity (Wildman–Crippen MR) is 103 cm³/mol. The van der Waals surface area contributed by atoms with Crippen molar-refractivity contribution in [2.45, 2.75) is 12.8 Å². The quantitative estimate of drug-likeness (QED) is 0.496. The third kappa shape index (κ3) is 5.17. The Bertz CT molecular complexity index is 850. The number of benzene rings is 2. The van der Waals surface area contributed by atoms with Gasteiger partial charge in [-0.15, -0.1) is 0 Å². The maximum absolute atomic E-state index is 12.2. The molecule has 140 valence electrons. The molecule has 0 N–H and O–H groups in total. The highest BCUT2D eigenvalue weighted by molar-refractivity contribution is 9.10. The Labute approximate surface area is 165 Å². The van der Waals surface area contributed by atoms with E-state index in [2.05, 4.69) is 15.9 Å². The number of carbonyl (C=O) groups is 3. The van der Waals surface area contributed by atoms with E-state index in [9.17, 15) is 14.4 Å². The van der Waals surface area contributed by atoms with E-state index in [0.717, 1.165) is 16.6 Å². The van der Waals surface area contributed by atoms with Crippen LogP contribution in [0.25, 0.3) is 0 Å². The molecule has 0 atom stereocenters. The van der Waals surface area contributed by atoms with Crippen molar-refractivity contribution in [1.29, 1.82) is 0 Å². The molecule has 27 heavy (non-hydrogen) atoms. The molecule has 1 aliphatic heterocycles. The standard InChI is InChI=1S/C20H18BrNO5/c21-15-3-1-4-17(11-15)26-13-20(25)27-12-18(23)14-6-8-16(9-7-14)22-10-2-5-19(22)24/h1,3-4,6-9,11H,2,5,10,12-13H2. The number of hydrogen-bond acceptors (Lipinski definition) is 5. The monoisotopic (exact) mass is 431 g/mol. The number of esters is 1. The van der Waals surface area contributed by atoms with Crippen LogP contribution in [0.5, 0.6) is 5.75 Å². The zero-order valence-electron chi connectivity index (χ0n) is 14.5. The minimum absolute atomic E-state index is 0.0912. The highest BCUT2D eigenvalue weighted by atomic mass is 79.9. The lowest BCUT2D eigenvalue weighted by atomic mass is 10.1. The number of Topliss-reactive ketones (excluding diaryl/α,β-unsaturated/α-hetero) is 1. The first-order chi connectivity index (χ1) is 13.0. The summed E-state index contributed by atoms with van der Waals surface area (Å²) in [6.45, 7) is 0.0597. The number of halogens is 1. The SMILES string of the molecule is O=C(COc1cccc(Br)c1)OCC(=O)c1ccc(N2CCCC2=O)cc1. The highest BCUT2D eigenvalue weighted by Crippen LogP contribution is 2.22. The molecule has 2 aromatic carbocycles. The van der Waals surface area contributed by atoms with Gasteiger partial charge in [0.2, 0.25) is 5.91 Å². The number of rotatable bonds is 7. The Hall–Kier alpha value is -2.67. The summed E-state index contributed by atoms with van der Waals surface area (Å²) in [5.41, 5.74) is 1.19. The fraction of sp³-hybridized carbons (Fsp3) is 0.250. The van der Waals surface area contributed by atoms with E-state index >= 15 is 0 Å². The van der Waals surface area contributed by atoms with Crippen molar-refractivity contribution >= 4 is 39.3 Å². The second kappa shape index (κ2) is 8.81. The van der Waals surface area contributed by atoms with Crippen molar-refractivity contribution in [3.8, 4) is 5.75 Å². The van der Waals surface area contributed by atoms with Gasteiger partial charge in [0.25, 0.3) is 0 Å². The lowest BCUT2D eigenvalue weighted by molar-refractivity contribution is -0.144. The smallest absolute Gasteiger partial charge is 0.344 e. The topological polar surface area (TPSA) is 72.9 Å². The van der Waals surface area contributed by atoms with Gasteiger partial charge in [0.1, 0.15) is 5.75 Å². The van der Waals surface area contributed by atoms with E-state index in [4.69, 9.17) is 9.47 Å². The van der Waals surface area contributed by atoms with Crippen LogP contribution in [0.4, 0.5) is 5.69 Å². The van der Waals surface area contributed by atoms with Crippen molar-refractivity contribution in [2.75, 3.05) is 24.7 Å². The van der Waals surface area contributed by atoms with Crippen LogP contribution in [-0.2, 0) is 14.3 Å². The first-order valence-corrected chi connectivity index (χ1v) is 9.30. The summed E-state index contributed by atoms with van der Waals surface area (Å²) in [7, 11) is 0. The van der Waals surface area contributed by atoms with Crippen LogP contribution in [0.1, 0.15) is 23.2 Å². The summed E-state index contributed by atoms with van der Waals surface area (Å²) in [4.78, 5) is 37.3. The van der Waals surface area contributed by atoms with Crippen LogP contribution in [0.3, 0.4) is 0 Å². The maximum Gasteiger partial charge on any atom is 0.344 e. The van der Waals surface area contributed by atoms with Crippen LogP contribution >= 0.6 is 15.9 Å². The van der Waals surface area contributed by atoms with E-state index in [-0.39, 0.29) is 24.9 Å². The van der Waals surface area contributed by atoms with Gasteiger partial charge in [-0.3, -0.25) is 9.59 Å². The summed E-state index contributed by atoms with van der Waals surface area (Å²) in [6.07, 6.45) is 1.40. The van der Waals surface area contributed by atoms with Crippen molar-refractivity contribution in [3.63, 3.8) is 0 Å². The van der Waals surface area contributed by atoms with Crippen LogP contribution in [-0.4, -0.2) is 37.4 Å². The molecular weight excluding hydrogens is 414 g/mol. The highest BCUT2D eigenvalue weighted by Gasteiger charge is 2.21. The Morgan fingerprint density at radius 3 is 2.52 bits per heavy atom. The molecule has 0 aliphatic carbocycles. The van der Waals surface area contributed by atoms with Gasteiger partial charge in [0.05, 0.1) is 0 Å². The third-order valence-electron chi connectivity index (χ3n) is 4.09. The second-order valence-electron chi connectivity index (χ2n) is 6.03. The molecule has 1 heterocycles. The number of anilines is 1. The fourth-order valence-electron chi connectivity index (χ4n) is 2.72. The van der Waals surface area contributed by atoms with Gasteiger partial charge in [-0.2, -0.15) is 0 Å². The molecule has 1 amide bonds. The van der Waals surface area contributed by atoms with Gasteiger partial charge < -0.3 is 14.4 Å². The van der Waals surface area contributed by atoms with Gasteiger partial charge in [-0.1, -0.05) is 22.0 Å². The molecule has 0 saturated carbocycles. The number of ketones is 1. The van der Waals surface area contributed by atoms with Crippen molar-refractivity contribution < 1.29 is 23.9 Å².